The summed E-state index contributed by atoms with van der Waals surface area (Å²) in [5.41, 5.74) is 2.94. The number of carbonyl (C=O) groups excluding carboxylic acids is 3. The smallest absolute Gasteiger partial charge is 0.255 e. The van der Waals surface area contributed by atoms with Crippen LogP contribution < -0.4 is 5.32 Å². The van der Waals surface area contributed by atoms with E-state index in [0.29, 0.717) is 24.4 Å². The summed E-state index contributed by atoms with van der Waals surface area (Å²) in [6, 6.07) is 5.48. The molecule has 1 aliphatic heterocycles. The molecule has 1 aromatic carbocycles. The summed E-state index contributed by atoms with van der Waals surface area (Å²) in [7, 11) is 0. The van der Waals surface area contributed by atoms with Gasteiger partial charge in [0, 0.05) is 19.0 Å². The molecule has 2 rings (SSSR count). The van der Waals surface area contributed by atoms with E-state index in [2.05, 4.69) is 31.3 Å². The number of benzene rings is 1. The molecular formula is C23H36N2O3. The number of hydrogen-bond acceptors (Lipinski definition) is 3. The van der Waals surface area contributed by atoms with Gasteiger partial charge in [0.05, 0.1) is 0 Å². The van der Waals surface area contributed by atoms with Gasteiger partial charge in [-0.15, -0.1) is 0 Å². The Bertz CT molecular complexity index is 678. The first kappa shape index (κ1) is 23.9. The van der Waals surface area contributed by atoms with E-state index >= 15 is 0 Å². The fraction of sp³-hybridized carbons (Fsp3) is 0.609. The third-order valence-electron chi connectivity index (χ3n) is 5.07. The van der Waals surface area contributed by atoms with Gasteiger partial charge in [0.1, 0.15) is 6.04 Å². The molecule has 0 saturated carbocycles. The third kappa shape index (κ3) is 5.66. The Morgan fingerprint density at radius 1 is 1.11 bits per heavy atom. The highest BCUT2D eigenvalue weighted by atomic mass is 16.2. The Morgan fingerprint density at radius 3 is 2.21 bits per heavy atom. The number of imide groups is 1. The highest BCUT2D eigenvalue weighted by Crippen LogP contribution is 2.32. The van der Waals surface area contributed by atoms with Crippen LogP contribution in [-0.2, 0) is 16.1 Å². The Morgan fingerprint density at radius 2 is 1.71 bits per heavy atom. The Labute approximate surface area is 169 Å². The SMILES string of the molecule is CC.CCCC(CCC)c1ccc2c(c1)CN(C(CC)C(=O)NC(C)=O)C2=O. The average Bonchev–Trinajstić information content (AvgIpc) is 2.99. The fourth-order valence-electron chi connectivity index (χ4n) is 3.85. The maximum Gasteiger partial charge on any atom is 0.255 e. The van der Waals surface area contributed by atoms with E-state index in [1.54, 1.807) is 4.90 Å². The molecule has 1 atom stereocenters. The van der Waals surface area contributed by atoms with Crippen LogP contribution in [0.15, 0.2) is 18.2 Å². The summed E-state index contributed by atoms with van der Waals surface area (Å²) in [6.45, 7) is 12.0. The minimum atomic E-state index is -0.621. The van der Waals surface area contributed by atoms with Crippen molar-refractivity contribution in [3.8, 4) is 0 Å². The molecule has 3 amide bonds. The van der Waals surface area contributed by atoms with Crippen molar-refractivity contribution in [1.82, 2.24) is 10.2 Å². The van der Waals surface area contributed by atoms with Gasteiger partial charge in [-0.3, -0.25) is 19.7 Å². The van der Waals surface area contributed by atoms with Crippen LogP contribution in [0, 0.1) is 0 Å². The van der Waals surface area contributed by atoms with Gasteiger partial charge in [-0.05, 0) is 42.4 Å². The van der Waals surface area contributed by atoms with E-state index in [4.69, 9.17) is 0 Å². The quantitative estimate of drug-likeness (QED) is 0.696. The molecule has 1 unspecified atom stereocenters. The summed E-state index contributed by atoms with van der Waals surface area (Å²) >= 11 is 0. The maximum absolute atomic E-state index is 12.8. The van der Waals surface area contributed by atoms with Crippen molar-refractivity contribution in [1.29, 1.82) is 0 Å². The second-order valence-electron chi connectivity index (χ2n) is 7.09. The Kier molecular flexibility index (Phi) is 9.91. The minimum absolute atomic E-state index is 0.125. The topological polar surface area (TPSA) is 66.5 Å². The van der Waals surface area contributed by atoms with Crippen molar-refractivity contribution in [3.63, 3.8) is 0 Å². The monoisotopic (exact) mass is 388 g/mol. The van der Waals surface area contributed by atoms with E-state index in [-0.39, 0.29) is 5.91 Å². The van der Waals surface area contributed by atoms with Gasteiger partial charge in [-0.1, -0.05) is 59.6 Å². The van der Waals surface area contributed by atoms with Gasteiger partial charge in [-0.2, -0.15) is 0 Å². The summed E-state index contributed by atoms with van der Waals surface area (Å²) in [6.07, 6.45) is 5.03. The lowest BCUT2D eigenvalue weighted by Gasteiger charge is -2.25. The van der Waals surface area contributed by atoms with Gasteiger partial charge in [0.2, 0.25) is 11.8 Å². The summed E-state index contributed by atoms with van der Waals surface area (Å²) in [5.74, 6) is -0.417. The van der Waals surface area contributed by atoms with Gasteiger partial charge < -0.3 is 4.90 Å². The Hall–Kier alpha value is -2.17. The molecular weight excluding hydrogens is 352 g/mol. The van der Waals surface area contributed by atoms with Crippen molar-refractivity contribution in [2.24, 2.45) is 0 Å². The molecule has 5 nitrogen and oxygen atoms in total. The summed E-state index contributed by atoms with van der Waals surface area (Å²) < 4.78 is 0. The molecule has 0 fully saturated rings. The number of nitrogens with one attached hydrogen (secondary N) is 1. The van der Waals surface area contributed by atoms with Crippen molar-refractivity contribution < 1.29 is 14.4 Å². The van der Waals surface area contributed by atoms with E-state index in [1.807, 2.05) is 26.8 Å². The van der Waals surface area contributed by atoms with Crippen LogP contribution in [0.25, 0.3) is 0 Å². The normalized spacial score (nSPS) is 13.7. The first-order valence-electron chi connectivity index (χ1n) is 10.7. The van der Waals surface area contributed by atoms with Gasteiger partial charge in [0.15, 0.2) is 0 Å². The minimum Gasteiger partial charge on any atom is -0.322 e. The van der Waals surface area contributed by atoms with Crippen LogP contribution in [0.1, 0.15) is 101 Å². The predicted molar refractivity (Wildman–Crippen MR) is 113 cm³/mol. The second-order valence-corrected chi connectivity index (χ2v) is 7.09. The number of hydrogen-bond donors (Lipinski definition) is 1. The zero-order valence-corrected chi connectivity index (χ0v) is 18.3. The molecule has 1 aromatic rings. The predicted octanol–water partition coefficient (Wildman–Crippen LogP) is 4.79. The van der Waals surface area contributed by atoms with E-state index in [9.17, 15) is 14.4 Å². The average molecular weight is 389 g/mol. The molecule has 28 heavy (non-hydrogen) atoms. The first-order chi connectivity index (χ1) is 13.4. The van der Waals surface area contributed by atoms with E-state index < -0.39 is 17.9 Å². The van der Waals surface area contributed by atoms with Crippen molar-refractivity contribution in [2.45, 2.75) is 92.2 Å². The summed E-state index contributed by atoms with van der Waals surface area (Å²) in [4.78, 5) is 37.9. The molecule has 1 aliphatic rings. The highest BCUT2D eigenvalue weighted by Gasteiger charge is 2.36. The van der Waals surface area contributed by atoms with Gasteiger partial charge >= 0.3 is 0 Å². The van der Waals surface area contributed by atoms with Crippen LogP contribution >= 0.6 is 0 Å². The first-order valence-corrected chi connectivity index (χ1v) is 10.7. The van der Waals surface area contributed by atoms with Crippen LogP contribution in [0.5, 0.6) is 0 Å². The third-order valence-corrected chi connectivity index (χ3v) is 5.07. The standard InChI is InChI=1S/C21H30N2O3.C2H6/c1-5-8-15(9-6-2)16-10-11-18-17(12-16)13-23(21(18)26)19(7-3)20(25)22-14(4)24;1-2/h10-12,15,19H,5-9,13H2,1-4H3,(H,22,24,25);1-2H3. The van der Waals surface area contributed by atoms with Crippen molar-refractivity contribution >= 4 is 17.7 Å². The zero-order chi connectivity index (χ0) is 21.3. The van der Waals surface area contributed by atoms with Crippen LogP contribution in [0.3, 0.4) is 0 Å². The molecule has 5 heteroatoms. The molecule has 0 spiro atoms. The molecule has 0 aromatic heterocycles. The van der Waals surface area contributed by atoms with Gasteiger partial charge in [-0.25, -0.2) is 0 Å². The molecule has 0 bridgehead atoms. The van der Waals surface area contributed by atoms with Gasteiger partial charge in [0.25, 0.3) is 5.91 Å². The number of amides is 3. The molecule has 1 heterocycles. The van der Waals surface area contributed by atoms with Crippen LogP contribution in [-0.4, -0.2) is 28.7 Å². The number of fused-ring (bicyclic) bond motifs is 1. The highest BCUT2D eigenvalue weighted by molar-refractivity contribution is 6.03. The zero-order valence-electron chi connectivity index (χ0n) is 18.3. The number of nitrogens with zero attached hydrogens (tertiary/aromatic N) is 1. The van der Waals surface area contributed by atoms with Crippen LogP contribution in [0.2, 0.25) is 0 Å². The maximum atomic E-state index is 12.8. The molecule has 0 aliphatic carbocycles. The molecule has 156 valence electrons. The van der Waals surface area contributed by atoms with Crippen molar-refractivity contribution in [3.05, 3.63) is 34.9 Å². The van der Waals surface area contributed by atoms with Crippen LogP contribution in [0.4, 0.5) is 0 Å². The summed E-state index contributed by atoms with van der Waals surface area (Å²) in [5, 5.41) is 2.31. The molecule has 0 radical (unpaired) electrons. The van der Waals surface area contributed by atoms with E-state index in [0.717, 1.165) is 31.2 Å². The number of carbonyl (C=O) groups is 3. The lowest BCUT2D eigenvalue weighted by Crippen LogP contribution is -2.47. The molecule has 1 N–H and O–H groups in total. The Balaban J connectivity index is 0.00000190. The number of rotatable bonds is 8. The van der Waals surface area contributed by atoms with E-state index in [1.165, 1.54) is 12.5 Å². The largest absolute Gasteiger partial charge is 0.322 e. The molecule has 0 saturated heterocycles. The lowest BCUT2D eigenvalue weighted by molar-refractivity contribution is -0.132. The van der Waals surface area contributed by atoms with Crippen molar-refractivity contribution in [2.75, 3.05) is 0 Å². The lowest BCUT2D eigenvalue weighted by atomic mass is 9.89. The second kappa shape index (κ2) is 11.6. The fourth-order valence-corrected chi connectivity index (χ4v) is 3.85.